The van der Waals surface area contributed by atoms with E-state index < -0.39 is 0 Å². The van der Waals surface area contributed by atoms with E-state index in [9.17, 15) is 4.79 Å². The summed E-state index contributed by atoms with van der Waals surface area (Å²) >= 11 is 1.58. The fourth-order valence-electron chi connectivity index (χ4n) is 3.75. The summed E-state index contributed by atoms with van der Waals surface area (Å²) in [5, 5.41) is 4.17. The van der Waals surface area contributed by atoms with E-state index in [1.54, 1.807) is 11.3 Å². The Bertz CT molecular complexity index is 1220. The topological polar surface area (TPSA) is 57.8 Å². The molecule has 1 unspecified atom stereocenters. The molecule has 0 aliphatic carbocycles. The van der Waals surface area contributed by atoms with Gasteiger partial charge in [-0.25, -0.2) is 4.98 Å². The smallest absolute Gasteiger partial charge is 0.260 e. The van der Waals surface area contributed by atoms with Crippen molar-refractivity contribution in [2.45, 2.75) is 40.3 Å². The highest BCUT2D eigenvalue weighted by atomic mass is 32.1. The first-order valence-corrected chi connectivity index (χ1v) is 10.6. The van der Waals surface area contributed by atoms with E-state index in [2.05, 4.69) is 74.4 Å². The fraction of sp³-hybridized carbons (Fsp3) is 0.250. The summed E-state index contributed by atoms with van der Waals surface area (Å²) in [5.74, 6) is 0.666. The highest BCUT2D eigenvalue weighted by Gasteiger charge is 2.17. The summed E-state index contributed by atoms with van der Waals surface area (Å²) in [6.45, 7) is 8.87. The summed E-state index contributed by atoms with van der Waals surface area (Å²) in [5.41, 5.74) is 5.69. The third-order valence-electron chi connectivity index (χ3n) is 5.36. The second-order valence-electron chi connectivity index (χ2n) is 7.55. The minimum Gasteiger partial charge on any atom is -0.309 e. The van der Waals surface area contributed by atoms with Gasteiger partial charge in [-0.3, -0.25) is 4.79 Å². The zero-order valence-corrected chi connectivity index (χ0v) is 18.0. The molecule has 0 aliphatic rings. The average Bonchev–Trinajstić information content (AvgIpc) is 3.03. The number of fused-ring (bicyclic) bond motifs is 1. The number of benzene rings is 2. The van der Waals surface area contributed by atoms with Crippen LogP contribution in [0.1, 0.15) is 40.4 Å². The number of hydrogen-bond acceptors (Lipinski definition) is 4. The first kappa shape index (κ1) is 19.6. The van der Waals surface area contributed by atoms with Crippen molar-refractivity contribution < 1.29 is 0 Å². The van der Waals surface area contributed by atoms with Crippen LogP contribution in [0.2, 0.25) is 0 Å². The highest BCUT2D eigenvalue weighted by molar-refractivity contribution is 7.19. The monoisotopic (exact) mass is 403 g/mol. The molecular weight excluding hydrogens is 378 g/mol. The maximum Gasteiger partial charge on any atom is 0.260 e. The van der Waals surface area contributed by atoms with Gasteiger partial charge in [-0.15, -0.1) is 11.3 Å². The second kappa shape index (κ2) is 7.93. The molecule has 0 radical (unpaired) electrons. The molecule has 0 spiro atoms. The number of aromatic amines is 1. The minimum absolute atomic E-state index is 0.0738. The molecule has 2 N–H and O–H groups in total. The molecule has 29 heavy (non-hydrogen) atoms. The predicted molar refractivity (Wildman–Crippen MR) is 122 cm³/mol. The van der Waals surface area contributed by atoms with Crippen LogP contribution in [0.3, 0.4) is 0 Å². The van der Waals surface area contributed by atoms with E-state index in [0.717, 1.165) is 20.8 Å². The minimum atomic E-state index is -0.0738. The molecule has 0 amide bonds. The van der Waals surface area contributed by atoms with Crippen LogP contribution in [0, 0.1) is 20.8 Å². The normalized spacial score (nSPS) is 12.4. The molecule has 0 fully saturated rings. The van der Waals surface area contributed by atoms with Gasteiger partial charge in [0.05, 0.1) is 11.9 Å². The van der Waals surface area contributed by atoms with E-state index >= 15 is 0 Å². The Kier molecular flexibility index (Phi) is 5.35. The number of aryl methyl sites for hydroxylation is 3. The van der Waals surface area contributed by atoms with Gasteiger partial charge in [0.1, 0.15) is 10.7 Å². The number of hydrogen-bond donors (Lipinski definition) is 2. The van der Waals surface area contributed by atoms with E-state index in [1.807, 2.05) is 12.1 Å². The molecule has 148 valence electrons. The van der Waals surface area contributed by atoms with Crippen molar-refractivity contribution in [3.05, 3.63) is 86.3 Å². The Morgan fingerprint density at radius 1 is 1.07 bits per heavy atom. The van der Waals surface area contributed by atoms with Crippen LogP contribution in [-0.2, 0) is 6.54 Å². The Hall–Kier alpha value is -2.76. The quantitative estimate of drug-likeness (QED) is 0.467. The summed E-state index contributed by atoms with van der Waals surface area (Å²) in [6, 6.07) is 16.8. The standard InChI is InChI=1S/C24H25N3OS/c1-14-9-11-18(12-10-14)21-17(4)29-24-22(21)23(28)26-20(27-24)13-25-16(3)19-8-6-5-7-15(19)2/h5-12,16,25H,13H2,1-4H3,(H,26,27,28). The van der Waals surface area contributed by atoms with Crippen LogP contribution < -0.4 is 10.9 Å². The van der Waals surface area contributed by atoms with Gasteiger partial charge in [-0.2, -0.15) is 0 Å². The highest BCUT2D eigenvalue weighted by Crippen LogP contribution is 2.35. The van der Waals surface area contributed by atoms with Crippen LogP contribution in [0.25, 0.3) is 21.3 Å². The first-order chi connectivity index (χ1) is 13.9. The van der Waals surface area contributed by atoms with Crippen LogP contribution >= 0.6 is 11.3 Å². The maximum atomic E-state index is 12.9. The van der Waals surface area contributed by atoms with E-state index in [-0.39, 0.29) is 11.6 Å². The lowest BCUT2D eigenvalue weighted by atomic mass is 10.0. The van der Waals surface area contributed by atoms with Gasteiger partial charge < -0.3 is 10.3 Å². The summed E-state index contributed by atoms with van der Waals surface area (Å²) in [4.78, 5) is 22.6. The van der Waals surface area contributed by atoms with Crippen molar-refractivity contribution >= 4 is 21.6 Å². The number of nitrogens with one attached hydrogen (secondary N) is 2. The number of thiophene rings is 1. The van der Waals surface area contributed by atoms with Crippen molar-refractivity contribution in [1.29, 1.82) is 0 Å². The lowest BCUT2D eigenvalue weighted by molar-refractivity contribution is 0.557. The molecule has 1 atom stereocenters. The molecule has 4 rings (SSSR count). The molecule has 5 heteroatoms. The Morgan fingerprint density at radius 3 is 2.52 bits per heavy atom. The second-order valence-corrected chi connectivity index (χ2v) is 8.75. The third kappa shape index (κ3) is 3.88. The molecule has 0 aliphatic heterocycles. The van der Waals surface area contributed by atoms with Crippen molar-refractivity contribution in [2.75, 3.05) is 0 Å². The van der Waals surface area contributed by atoms with Crippen LogP contribution in [-0.4, -0.2) is 9.97 Å². The van der Waals surface area contributed by atoms with Crippen molar-refractivity contribution in [1.82, 2.24) is 15.3 Å². The molecule has 0 bridgehead atoms. The molecule has 2 aromatic carbocycles. The Balaban J connectivity index is 1.64. The summed E-state index contributed by atoms with van der Waals surface area (Å²) < 4.78 is 0. The first-order valence-electron chi connectivity index (χ1n) is 9.82. The van der Waals surface area contributed by atoms with Crippen LogP contribution in [0.15, 0.2) is 53.3 Å². The summed E-state index contributed by atoms with van der Waals surface area (Å²) in [6.07, 6.45) is 0. The lowest BCUT2D eigenvalue weighted by Crippen LogP contribution is -2.22. The third-order valence-corrected chi connectivity index (χ3v) is 6.36. The summed E-state index contributed by atoms with van der Waals surface area (Å²) in [7, 11) is 0. The number of H-pyrrole nitrogens is 1. The van der Waals surface area contributed by atoms with Gasteiger partial charge in [0, 0.05) is 16.5 Å². The Labute approximate surface area is 174 Å². The van der Waals surface area contributed by atoms with Crippen molar-refractivity contribution in [3.63, 3.8) is 0 Å². The molecule has 4 nitrogen and oxygen atoms in total. The number of rotatable bonds is 5. The molecule has 4 aromatic rings. The van der Waals surface area contributed by atoms with Gasteiger partial charge >= 0.3 is 0 Å². The van der Waals surface area contributed by atoms with Gasteiger partial charge in [0.2, 0.25) is 0 Å². The van der Waals surface area contributed by atoms with Crippen molar-refractivity contribution in [3.8, 4) is 11.1 Å². The zero-order valence-electron chi connectivity index (χ0n) is 17.2. The molecule has 0 saturated carbocycles. The maximum absolute atomic E-state index is 12.9. The molecule has 2 heterocycles. The Morgan fingerprint density at radius 2 is 1.79 bits per heavy atom. The van der Waals surface area contributed by atoms with Gasteiger partial charge in [-0.1, -0.05) is 54.1 Å². The average molecular weight is 404 g/mol. The van der Waals surface area contributed by atoms with Gasteiger partial charge in [0.15, 0.2) is 0 Å². The lowest BCUT2D eigenvalue weighted by Gasteiger charge is -2.16. The predicted octanol–water partition coefficient (Wildman–Crippen LogP) is 5.43. The van der Waals surface area contributed by atoms with Gasteiger partial charge in [-0.05, 0) is 44.4 Å². The van der Waals surface area contributed by atoms with E-state index in [1.165, 1.54) is 16.7 Å². The van der Waals surface area contributed by atoms with E-state index in [0.29, 0.717) is 17.8 Å². The number of aromatic nitrogens is 2. The van der Waals surface area contributed by atoms with Crippen LogP contribution in [0.4, 0.5) is 0 Å². The zero-order chi connectivity index (χ0) is 20.5. The molecule has 0 saturated heterocycles. The molecule has 2 aromatic heterocycles. The largest absolute Gasteiger partial charge is 0.309 e. The van der Waals surface area contributed by atoms with E-state index in [4.69, 9.17) is 4.98 Å². The van der Waals surface area contributed by atoms with Gasteiger partial charge in [0.25, 0.3) is 5.56 Å². The van der Waals surface area contributed by atoms with Crippen molar-refractivity contribution in [2.24, 2.45) is 0 Å². The molecular formula is C24H25N3OS. The SMILES string of the molecule is Cc1ccc(-c2c(C)sc3nc(CNC(C)c4ccccc4C)[nH]c(=O)c23)cc1. The fourth-order valence-corrected chi connectivity index (χ4v) is 4.81. The number of nitrogens with zero attached hydrogens (tertiary/aromatic N) is 1. The van der Waals surface area contributed by atoms with Crippen LogP contribution in [0.5, 0.6) is 0 Å².